The van der Waals surface area contributed by atoms with Crippen LogP contribution < -0.4 is 9.64 Å². The van der Waals surface area contributed by atoms with Crippen molar-refractivity contribution in [1.29, 1.82) is 0 Å². The van der Waals surface area contributed by atoms with Gasteiger partial charge in [-0.25, -0.2) is 9.28 Å². The van der Waals surface area contributed by atoms with Crippen LogP contribution in [0.4, 0.5) is 23.7 Å². The Hall–Kier alpha value is -3.60. The van der Waals surface area contributed by atoms with Crippen LogP contribution in [0.15, 0.2) is 42.5 Å². The largest absolute Gasteiger partial charge is 0.516 e. The number of amides is 2. The molecule has 0 unspecified atom stereocenters. The standard InChI is InChI=1S/C25H26F3N2O6/c1-24(2)22(32)29(9-10-30(11-12-30)23(33)35-15-16-7-5-4-6-8-16)19-13-17(21(31)34-3)18(25(26,27)28)14-20(19)36-24/h4-8,13-14H,9-12,15H2,1-3H3/q+1. The third-order valence-corrected chi connectivity index (χ3v) is 6.33. The third kappa shape index (κ3) is 4.88. The molecule has 2 aliphatic heterocycles. The van der Waals surface area contributed by atoms with Gasteiger partial charge in [-0.2, -0.15) is 18.0 Å². The zero-order valence-electron chi connectivity index (χ0n) is 20.1. The summed E-state index contributed by atoms with van der Waals surface area (Å²) < 4.78 is 56.6. The molecule has 1 saturated heterocycles. The molecule has 4 rings (SSSR count). The Balaban J connectivity index is 1.59. The van der Waals surface area contributed by atoms with E-state index in [2.05, 4.69) is 4.74 Å². The SMILES string of the molecule is COC(=O)c1cc2c(cc1C(F)(F)F)OC(C)(C)C(=O)N2CC[N+]1(C(=O)OCc2ccccc2)CC1. The first-order valence-electron chi connectivity index (χ1n) is 11.3. The summed E-state index contributed by atoms with van der Waals surface area (Å²) in [4.78, 5) is 39.4. The van der Waals surface area contributed by atoms with Crippen molar-refractivity contribution in [3.05, 3.63) is 59.2 Å². The van der Waals surface area contributed by atoms with Gasteiger partial charge in [-0.1, -0.05) is 30.3 Å². The molecule has 2 aliphatic rings. The molecule has 2 aromatic rings. The number of rotatable bonds is 6. The minimum absolute atomic E-state index is 0.00498. The number of benzene rings is 2. The van der Waals surface area contributed by atoms with Crippen LogP contribution in [0, 0.1) is 0 Å². The van der Waals surface area contributed by atoms with Crippen LogP contribution in [-0.4, -0.2) is 61.3 Å². The maximum absolute atomic E-state index is 13.7. The Kier molecular flexibility index (Phi) is 6.46. The van der Waals surface area contributed by atoms with Crippen molar-refractivity contribution in [3.8, 4) is 5.75 Å². The summed E-state index contributed by atoms with van der Waals surface area (Å²) in [5.74, 6) is -1.90. The first-order chi connectivity index (χ1) is 16.9. The topological polar surface area (TPSA) is 82.1 Å². The fourth-order valence-corrected chi connectivity index (χ4v) is 4.12. The highest BCUT2D eigenvalue weighted by Gasteiger charge is 2.53. The van der Waals surface area contributed by atoms with Crippen LogP contribution in [-0.2, 0) is 27.1 Å². The Labute approximate surface area is 205 Å². The molecule has 2 heterocycles. The van der Waals surface area contributed by atoms with E-state index in [1.807, 2.05) is 30.3 Å². The number of hydrogen-bond acceptors (Lipinski definition) is 6. The van der Waals surface area contributed by atoms with Gasteiger partial charge >= 0.3 is 18.2 Å². The molecule has 1 fully saturated rings. The number of hydrogen-bond donors (Lipinski definition) is 0. The molecule has 2 aromatic carbocycles. The third-order valence-electron chi connectivity index (χ3n) is 6.33. The van der Waals surface area contributed by atoms with Crippen LogP contribution in [0.25, 0.3) is 0 Å². The van der Waals surface area contributed by atoms with E-state index in [9.17, 15) is 27.6 Å². The number of nitrogens with zero attached hydrogens (tertiary/aromatic N) is 2. The summed E-state index contributed by atoms with van der Waals surface area (Å²) in [6.45, 7) is 4.22. The molecule has 0 radical (unpaired) electrons. The highest BCUT2D eigenvalue weighted by Crippen LogP contribution is 2.44. The molecule has 11 heteroatoms. The van der Waals surface area contributed by atoms with E-state index in [4.69, 9.17) is 9.47 Å². The van der Waals surface area contributed by atoms with Crippen molar-refractivity contribution in [2.24, 2.45) is 0 Å². The molecular weight excluding hydrogens is 481 g/mol. The van der Waals surface area contributed by atoms with Gasteiger partial charge in [-0.15, -0.1) is 0 Å². The molecule has 0 aromatic heterocycles. The van der Waals surface area contributed by atoms with Crippen LogP contribution in [0.2, 0.25) is 0 Å². The highest BCUT2D eigenvalue weighted by atomic mass is 19.4. The predicted molar refractivity (Wildman–Crippen MR) is 121 cm³/mol. The van der Waals surface area contributed by atoms with Crippen LogP contribution in [0.3, 0.4) is 0 Å². The second-order valence-corrected chi connectivity index (χ2v) is 9.28. The lowest BCUT2D eigenvalue weighted by atomic mass is 9.99. The monoisotopic (exact) mass is 507 g/mol. The van der Waals surface area contributed by atoms with E-state index < -0.39 is 40.9 Å². The Bertz CT molecular complexity index is 1190. The number of halogens is 3. The van der Waals surface area contributed by atoms with Gasteiger partial charge in [-0.3, -0.25) is 9.69 Å². The molecule has 36 heavy (non-hydrogen) atoms. The van der Waals surface area contributed by atoms with Gasteiger partial charge < -0.3 is 14.2 Å². The Morgan fingerprint density at radius 1 is 1.14 bits per heavy atom. The number of methoxy groups -OCH3 is 1. The predicted octanol–water partition coefficient (Wildman–Crippen LogP) is 4.16. The first kappa shape index (κ1) is 25.5. The van der Waals surface area contributed by atoms with Crippen molar-refractivity contribution in [2.45, 2.75) is 32.2 Å². The molecule has 2 amide bonds. The number of ether oxygens (including phenoxy) is 3. The number of fused-ring (bicyclic) bond motifs is 1. The van der Waals surface area contributed by atoms with Crippen LogP contribution >= 0.6 is 0 Å². The maximum atomic E-state index is 13.7. The molecule has 0 saturated carbocycles. The normalized spacial score (nSPS) is 17.6. The number of carbonyl (C=O) groups is 3. The van der Waals surface area contributed by atoms with Crippen molar-refractivity contribution >= 4 is 23.7 Å². The average Bonchev–Trinajstić information content (AvgIpc) is 3.63. The van der Waals surface area contributed by atoms with E-state index in [1.54, 1.807) is 0 Å². The summed E-state index contributed by atoms with van der Waals surface area (Å²) in [5, 5.41) is 0. The van der Waals surface area contributed by atoms with Crippen molar-refractivity contribution < 1.29 is 46.2 Å². The van der Waals surface area contributed by atoms with Crippen LogP contribution in [0.1, 0.15) is 35.3 Å². The number of anilines is 1. The van der Waals surface area contributed by atoms with Gasteiger partial charge in [0.1, 0.15) is 32.0 Å². The smallest absolute Gasteiger partial charge is 0.476 e. The van der Waals surface area contributed by atoms with Crippen LogP contribution in [0.5, 0.6) is 5.75 Å². The van der Waals surface area contributed by atoms with E-state index in [0.717, 1.165) is 18.7 Å². The maximum Gasteiger partial charge on any atom is 0.516 e. The first-order valence-corrected chi connectivity index (χ1v) is 11.3. The molecular formula is C25H26F3N2O6+. The van der Waals surface area contributed by atoms with Crippen molar-refractivity contribution in [1.82, 2.24) is 0 Å². The van der Waals surface area contributed by atoms with E-state index in [0.29, 0.717) is 19.2 Å². The fraction of sp³-hybridized carbons (Fsp3) is 0.400. The molecule has 0 bridgehead atoms. The van der Waals surface area contributed by atoms with Crippen molar-refractivity contribution in [3.63, 3.8) is 0 Å². The zero-order chi connectivity index (χ0) is 26.3. The number of esters is 1. The Morgan fingerprint density at radius 3 is 2.39 bits per heavy atom. The van der Waals surface area contributed by atoms with Gasteiger partial charge in [0.15, 0.2) is 5.60 Å². The van der Waals surface area contributed by atoms with E-state index >= 15 is 0 Å². The second-order valence-electron chi connectivity index (χ2n) is 9.28. The molecule has 0 spiro atoms. The van der Waals surface area contributed by atoms with Gasteiger partial charge in [0, 0.05) is 0 Å². The molecule has 0 aliphatic carbocycles. The van der Waals surface area contributed by atoms with Gasteiger partial charge in [0.25, 0.3) is 5.91 Å². The van der Waals surface area contributed by atoms with Gasteiger partial charge in [0.05, 0.1) is 30.5 Å². The van der Waals surface area contributed by atoms with Gasteiger partial charge in [0.2, 0.25) is 0 Å². The number of carbonyl (C=O) groups excluding carboxylic acids is 3. The molecule has 8 nitrogen and oxygen atoms in total. The highest BCUT2D eigenvalue weighted by molar-refractivity contribution is 6.04. The Morgan fingerprint density at radius 2 is 1.81 bits per heavy atom. The lowest BCUT2D eigenvalue weighted by Crippen LogP contribution is -2.55. The summed E-state index contributed by atoms with van der Waals surface area (Å²) in [6, 6.07) is 10.8. The fourth-order valence-electron chi connectivity index (χ4n) is 4.12. The minimum atomic E-state index is -4.85. The lowest BCUT2D eigenvalue weighted by molar-refractivity contribution is -0.720. The summed E-state index contributed by atoms with van der Waals surface area (Å²) >= 11 is 0. The van der Waals surface area contributed by atoms with Gasteiger partial charge in [-0.05, 0) is 31.5 Å². The lowest BCUT2D eigenvalue weighted by Gasteiger charge is -2.39. The quantitative estimate of drug-likeness (QED) is 0.332. The molecule has 0 atom stereocenters. The minimum Gasteiger partial charge on any atom is -0.476 e. The summed E-state index contributed by atoms with van der Waals surface area (Å²) in [6.07, 6.45) is -5.29. The average molecular weight is 507 g/mol. The molecule has 0 N–H and O–H groups in total. The molecule has 192 valence electrons. The summed E-state index contributed by atoms with van der Waals surface area (Å²) in [5.41, 5.74) is -2.58. The van der Waals surface area contributed by atoms with E-state index in [1.165, 1.54) is 18.7 Å². The van der Waals surface area contributed by atoms with E-state index in [-0.39, 0.29) is 35.6 Å². The number of alkyl halides is 3. The summed E-state index contributed by atoms with van der Waals surface area (Å²) in [7, 11) is 0.972. The van der Waals surface area contributed by atoms with Crippen molar-refractivity contribution in [2.75, 3.05) is 38.2 Å². The second kappa shape index (κ2) is 9.12. The zero-order valence-corrected chi connectivity index (χ0v) is 20.1. The number of quaternary nitrogens is 1.